The summed E-state index contributed by atoms with van der Waals surface area (Å²) in [5, 5.41) is 4.12. The van der Waals surface area contributed by atoms with Gasteiger partial charge < -0.3 is 9.26 Å². The van der Waals surface area contributed by atoms with Crippen LogP contribution >= 0.6 is 0 Å². The van der Waals surface area contributed by atoms with Gasteiger partial charge in [0.2, 0.25) is 11.7 Å². The molecule has 1 aromatic heterocycles. The number of nitrogens with zero attached hydrogens (tertiary/aromatic N) is 2. The van der Waals surface area contributed by atoms with Gasteiger partial charge in [0.1, 0.15) is 11.8 Å². The molecule has 0 amide bonds. The van der Waals surface area contributed by atoms with Crippen molar-refractivity contribution in [1.82, 2.24) is 21.0 Å². The molecular formula is C20H22N4O2. The van der Waals surface area contributed by atoms with E-state index >= 15 is 0 Å². The van der Waals surface area contributed by atoms with Gasteiger partial charge in [-0.15, -0.1) is 0 Å². The van der Waals surface area contributed by atoms with E-state index in [4.69, 9.17) is 9.26 Å². The molecule has 1 fully saturated rings. The Labute approximate surface area is 152 Å². The maximum atomic E-state index is 5.66. The summed E-state index contributed by atoms with van der Waals surface area (Å²) in [6, 6.07) is 18.3. The van der Waals surface area contributed by atoms with Crippen molar-refractivity contribution in [1.29, 1.82) is 0 Å². The number of hydrogen-bond donors (Lipinski definition) is 2. The molecule has 2 atom stereocenters. The Kier molecular flexibility index (Phi) is 4.69. The molecule has 1 saturated heterocycles. The molecule has 2 N–H and O–H groups in total. The van der Waals surface area contributed by atoms with Crippen LogP contribution in [0.25, 0.3) is 11.4 Å². The van der Waals surface area contributed by atoms with Crippen molar-refractivity contribution in [3.05, 3.63) is 66.1 Å². The molecular weight excluding hydrogens is 328 g/mol. The van der Waals surface area contributed by atoms with Crippen molar-refractivity contribution in [2.45, 2.75) is 38.5 Å². The molecule has 134 valence electrons. The average molecular weight is 350 g/mol. The fraction of sp³-hybridized carbons (Fsp3) is 0.300. The lowest BCUT2D eigenvalue weighted by Gasteiger charge is -2.09. The first-order valence-corrected chi connectivity index (χ1v) is 8.86. The average Bonchev–Trinajstić information content (AvgIpc) is 3.32. The summed E-state index contributed by atoms with van der Waals surface area (Å²) in [4.78, 5) is 4.56. The normalized spacial score (nSPS) is 19.8. The predicted molar refractivity (Wildman–Crippen MR) is 98.3 cm³/mol. The van der Waals surface area contributed by atoms with Gasteiger partial charge in [-0.05, 0) is 50.1 Å². The Hall–Kier alpha value is -2.70. The van der Waals surface area contributed by atoms with E-state index in [1.807, 2.05) is 56.3 Å². The Morgan fingerprint density at radius 3 is 2.46 bits per heavy atom. The van der Waals surface area contributed by atoms with Crippen LogP contribution in [0.15, 0.2) is 59.1 Å². The van der Waals surface area contributed by atoms with Gasteiger partial charge in [-0.1, -0.05) is 35.5 Å². The zero-order valence-electron chi connectivity index (χ0n) is 14.8. The molecule has 3 aromatic rings. The minimum absolute atomic E-state index is 0.00926. The summed E-state index contributed by atoms with van der Waals surface area (Å²) in [7, 11) is 0. The van der Waals surface area contributed by atoms with E-state index in [1.165, 1.54) is 5.56 Å². The molecule has 0 bridgehead atoms. The van der Waals surface area contributed by atoms with Gasteiger partial charge in [0.05, 0.1) is 6.10 Å². The number of hydrazine groups is 1. The number of rotatable bonds is 5. The third-order valence-corrected chi connectivity index (χ3v) is 4.33. The van der Waals surface area contributed by atoms with Gasteiger partial charge in [-0.3, -0.25) is 0 Å². The summed E-state index contributed by atoms with van der Waals surface area (Å²) < 4.78 is 11.1. The molecule has 0 spiro atoms. The molecule has 2 unspecified atom stereocenters. The van der Waals surface area contributed by atoms with Gasteiger partial charge in [-0.25, -0.2) is 10.9 Å². The summed E-state index contributed by atoms with van der Waals surface area (Å²) in [6.45, 7) is 4.01. The van der Waals surface area contributed by atoms with Crippen LogP contribution in [0.5, 0.6) is 5.75 Å². The van der Waals surface area contributed by atoms with Crippen molar-refractivity contribution in [3.63, 3.8) is 0 Å². The standard InChI is InChI=1S/C20H22N4O2/c1-13(2)25-16-10-8-15(9-11-16)19-21-20(26-24-19)18-12-17(22-23-18)14-6-4-3-5-7-14/h3-11,13,17-18,22-23H,12H2,1-2H3. The highest BCUT2D eigenvalue weighted by Crippen LogP contribution is 2.31. The monoisotopic (exact) mass is 350 g/mol. The number of benzene rings is 2. The highest BCUT2D eigenvalue weighted by molar-refractivity contribution is 5.55. The van der Waals surface area contributed by atoms with Gasteiger partial charge in [-0.2, -0.15) is 4.98 Å². The highest BCUT2D eigenvalue weighted by atomic mass is 16.5. The number of hydrogen-bond acceptors (Lipinski definition) is 6. The summed E-state index contributed by atoms with van der Waals surface area (Å²) in [5.74, 6) is 2.01. The molecule has 2 heterocycles. The van der Waals surface area contributed by atoms with Crippen LogP contribution in [0.4, 0.5) is 0 Å². The van der Waals surface area contributed by atoms with Crippen molar-refractivity contribution in [3.8, 4) is 17.1 Å². The molecule has 26 heavy (non-hydrogen) atoms. The smallest absolute Gasteiger partial charge is 0.245 e. The first kappa shape index (κ1) is 16.8. The molecule has 6 heteroatoms. The number of nitrogens with one attached hydrogen (secondary N) is 2. The second-order valence-electron chi connectivity index (χ2n) is 6.69. The third-order valence-electron chi connectivity index (χ3n) is 4.33. The lowest BCUT2D eigenvalue weighted by Crippen LogP contribution is -2.26. The van der Waals surface area contributed by atoms with E-state index < -0.39 is 0 Å². The lowest BCUT2D eigenvalue weighted by atomic mass is 10.0. The molecule has 6 nitrogen and oxygen atoms in total. The largest absolute Gasteiger partial charge is 0.491 e. The fourth-order valence-corrected chi connectivity index (χ4v) is 3.07. The van der Waals surface area contributed by atoms with E-state index in [0.717, 1.165) is 17.7 Å². The zero-order valence-corrected chi connectivity index (χ0v) is 14.8. The number of ether oxygens (including phenoxy) is 1. The maximum absolute atomic E-state index is 5.66. The fourth-order valence-electron chi connectivity index (χ4n) is 3.07. The molecule has 1 aliphatic heterocycles. The minimum Gasteiger partial charge on any atom is -0.491 e. The van der Waals surface area contributed by atoms with Gasteiger partial charge >= 0.3 is 0 Å². The van der Waals surface area contributed by atoms with Crippen LogP contribution in [0, 0.1) is 0 Å². The van der Waals surface area contributed by atoms with E-state index in [1.54, 1.807) is 0 Å². The number of aromatic nitrogens is 2. The molecule has 1 aliphatic rings. The van der Waals surface area contributed by atoms with Crippen molar-refractivity contribution >= 4 is 0 Å². The molecule has 0 radical (unpaired) electrons. The quantitative estimate of drug-likeness (QED) is 0.729. The molecule has 2 aromatic carbocycles. The minimum atomic E-state index is -0.00926. The van der Waals surface area contributed by atoms with Crippen molar-refractivity contribution in [2.75, 3.05) is 0 Å². The Morgan fingerprint density at radius 1 is 1.00 bits per heavy atom. The van der Waals surface area contributed by atoms with Crippen LogP contribution in [0.1, 0.15) is 43.8 Å². The van der Waals surface area contributed by atoms with Crippen molar-refractivity contribution in [2.24, 2.45) is 0 Å². The van der Waals surface area contributed by atoms with Crippen LogP contribution in [0.3, 0.4) is 0 Å². The first-order valence-electron chi connectivity index (χ1n) is 8.86. The second kappa shape index (κ2) is 7.27. The second-order valence-corrected chi connectivity index (χ2v) is 6.69. The molecule has 0 aliphatic carbocycles. The first-order chi connectivity index (χ1) is 12.7. The van der Waals surface area contributed by atoms with Crippen LogP contribution in [-0.4, -0.2) is 16.2 Å². The molecule has 4 rings (SSSR count). The van der Waals surface area contributed by atoms with Crippen LogP contribution in [0.2, 0.25) is 0 Å². The van der Waals surface area contributed by atoms with Crippen LogP contribution < -0.4 is 15.6 Å². The van der Waals surface area contributed by atoms with Gasteiger partial charge in [0, 0.05) is 11.6 Å². The van der Waals surface area contributed by atoms with E-state index in [9.17, 15) is 0 Å². The Balaban J connectivity index is 1.45. The van der Waals surface area contributed by atoms with Crippen molar-refractivity contribution < 1.29 is 9.26 Å². The van der Waals surface area contributed by atoms with E-state index in [0.29, 0.717) is 11.7 Å². The summed E-state index contributed by atoms with van der Waals surface area (Å²) >= 11 is 0. The maximum Gasteiger partial charge on any atom is 0.245 e. The predicted octanol–water partition coefficient (Wildman–Crippen LogP) is 3.80. The lowest BCUT2D eigenvalue weighted by molar-refractivity contribution is 0.242. The van der Waals surface area contributed by atoms with E-state index in [-0.39, 0.29) is 18.2 Å². The topological polar surface area (TPSA) is 72.2 Å². The Morgan fingerprint density at radius 2 is 1.73 bits per heavy atom. The zero-order chi connectivity index (χ0) is 17.9. The van der Waals surface area contributed by atoms with E-state index in [2.05, 4.69) is 33.1 Å². The summed E-state index contributed by atoms with van der Waals surface area (Å²) in [5.41, 5.74) is 8.70. The highest BCUT2D eigenvalue weighted by Gasteiger charge is 2.30. The molecule has 0 saturated carbocycles. The van der Waals surface area contributed by atoms with Crippen LogP contribution in [-0.2, 0) is 0 Å². The van der Waals surface area contributed by atoms with Gasteiger partial charge in [0.25, 0.3) is 0 Å². The van der Waals surface area contributed by atoms with Gasteiger partial charge in [0.15, 0.2) is 0 Å². The third kappa shape index (κ3) is 3.61. The summed E-state index contributed by atoms with van der Waals surface area (Å²) in [6.07, 6.45) is 1.00. The SMILES string of the molecule is CC(C)Oc1ccc(-c2noc(C3CC(c4ccccc4)NN3)n2)cc1. The Bertz CT molecular complexity index is 846.